The molecule has 1 amide bonds. The number of phenols is 1. The van der Waals surface area contributed by atoms with E-state index in [4.69, 9.17) is 24.1 Å². The van der Waals surface area contributed by atoms with E-state index in [0.717, 1.165) is 74.3 Å². The number of ether oxygens (including phenoxy) is 4. The maximum atomic E-state index is 15.7. The van der Waals surface area contributed by atoms with Crippen molar-refractivity contribution in [2.45, 2.75) is 110 Å². The zero-order chi connectivity index (χ0) is 48.8. The Kier molecular flexibility index (Phi) is 16.7. The molecule has 0 heterocycles. The average molecular weight is 951 g/mol. The Bertz CT molecular complexity index is 2790. The molecule has 3 aliphatic rings. The van der Waals surface area contributed by atoms with Crippen LogP contribution in [-0.4, -0.2) is 99.1 Å². The van der Waals surface area contributed by atoms with Gasteiger partial charge in [-0.25, -0.2) is 0 Å². The number of phenolic OH excluding ortho intramolecular Hbond substituents is 1. The molecular formula is C55H70N2O12. The van der Waals surface area contributed by atoms with Crippen LogP contribution in [0.2, 0.25) is 0 Å². The number of rotatable bonds is 24. The molecule has 3 aliphatic carbocycles. The lowest BCUT2D eigenvalue weighted by Crippen LogP contribution is -2.35. The van der Waals surface area contributed by atoms with Crippen molar-refractivity contribution in [3.8, 4) is 11.5 Å². The first-order valence-electron chi connectivity index (χ1n) is 25.2. The average Bonchev–Trinajstić information content (AvgIpc) is 3.51. The van der Waals surface area contributed by atoms with Crippen LogP contribution in [0.1, 0.15) is 112 Å². The van der Waals surface area contributed by atoms with Gasteiger partial charge in [0, 0.05) is 85.9 Å². The Hall–Kier alpha value is -4.96. The molecule has 0 saturated heterocycles. The molecular weight excluding hydrogens is 881 g/mol. The Morgan fingerprint density at radius 3 is 2.09 bits per heavy atom. The number of nitrogens with one attached hydrogen (secondary N) is 2. The minimum Gasteiger partial charge on any atom is -0.504 e. The number of aromatic hydroxyl groups is 1. The molecule has 14 heteroatoms. The van der Waals surface area contributed by atoms with Crippen molar-refractivity contribution in [1.29, 1.82) is 0 Å². The van der Waals surface area contributed by atoms with E-state index in [1.807, 2.05) is 13.0 Å². The fourth-order valence-electron chi connectivity index (χ4n) is 11.8. The highest BCUT2D eigenvalue weighted by molar-refractivity contribution is 6.38. The molecule has 0 bridgehead atoms. The summed E-state index contributed by atoms with van der Waals surface area (Å²) in [5.41, 5.74) is 3.93. The summed E-state index contributed by atoms with van der Waals surface area (Å²) in [5.74, 6) is 0.702. The number of hydrogen-bond donors (Lipinski definition) is 6. The van der Waals surface area contributed by atoms with Gasteiger partial charge in [-0.1, -0.05) is 11.6 Å². The molecule has 14 nitrogen and oxygen atoms in total. The van der Waals surface area contributed by atoms with Gasteiger partial charge < -0.3 is 50.0 Å². The van der Waals surface area contributed by atoms with Crippen LogP contribution in [0, 0.1) is 23.7 Å². The summed E-state index contributed by atoms with van der Waals surface area (Å²) in [5, 5.41) is 54.0. The molecule has 5 aromatic carbocycles. The van der Waals surface area contributed by atoms with Crippen LogP contribution >= 0.6 is 0 Å². The van der Waals surface area contributed by atoms with Gasteiger partial charge in [-0.3, -0.25) is 19.2 Å². The van der Waals surface area contributed by atoms with Gasteiger partial charge in [0.25, 0.3) is 0 Å². The van der Waals surface area contributed by atoms with Crippen molar-refractivity contribution in [3.63, 3.8) is 0 Å². The number of carbonyl (C=O) groups is 2. The summed E-state index contributed by atoms with van der Waals surface area (Å²) in [7, 11) is 3.10. The predicted octanol–water partition coefficient (Wildman–Crippen LogP) is 7.04. The molecule has 372 valence electrons. The Morgan fingerprint density at radius 1 is 0.725 bits per heavy atom. The second-order valence-corrected chi connectivity index (χ2v) is 19.7. The van der Waals surface area contributed by atoms with E-state index in [9.17, 15) is 29.7 Å². The second-order valence-electron chi connectivity index (χ2n) is 19.7. The van der Waals surface area contributed by atoms with E-state index >= 15 is 4.79 Å². The van der Waals surface area contributed by atoms with E-state index < -0.39 is 18.6 Å². The molecule has 0 spiro atoms. The fourth-order valence-corrected chi connectivity index (χ4v) is 11.8. The summed E-state index contributed by atoms with van der Waals surface area (Å²) >= 11 is 0. The number of amides is 1. The third-order valence-corrected chi connectivity index (χ3v) is 15.3. The number of methoxy groups -OCH3 is 2. The van der Waals surface area contributed by atoms with E-state index in [1.54, 1.807) is 7.11 Å². The molecule has 0 aliphatic heterocycles. The van der Waals surface area contributed by atoms with Crippen molar-refractivity contribution in [2.75, 3.05) is 72.3 Å². The Labute approximate surface area is 403 Å². The molecule has 0 radical (unpaired) electrons. The zero-order valence-electron chi connectivity index (χ0n) is 40.6. The first kappa shape index (κ1) is 50.4. The van der Waals surface area contributed by atoms with Crippen molar-refractivity contribution < 1.29 is 49.0 Å². The Balaban J connectivity index is 1.16. The quantitative estimate of drug-likeness (QED) is 0.0209. The van der Waals surface area contributed by atoms with Gasteiger partial charge in [0.1, 0.15) is 5.78 Å². The Morgan fingerprint density at radius 2 is 1.39 bits per heavy atom. The van der Waals surface area contributed by atoms with E-state index in [-0.39, 0.29) is 58.4 Å². The highest BCUT2D eigenvalue weighted by atomic mass is 16.5. The maximum Gasteiger partial charge on any atom is 0.223 e. The van der Waals surface area contributed by atoms with Crippen LogP contribution < -0.4 is 26.2 Å². The second kappa shape index (κ2) is 22.9. The predicted molar refractivity (Wildman–Crippen MR) is 269 cm³/mol. The van der Waals surface area contributed by atoms with Crippen LogP contribution in [0.25, 0.3) is 49.2 Å². The van der Waals surface area contributed by atoms with Crippen molar-refractivity contribution >= 4 is 66.5 Å². The summed E-state index contributed by atoms with van der Waals surface area (Å²) in [4.78, 5) is 56.0. The molecule has 2 fully saturated rings. The van der Waals surface area contributed by atoms with Crippen LogP contribution in [0.3, 0.4) is 0 Å². The van der Waals surface area contributed by atoms with E-state index in [2.05, 4.69) is 16.7 Å². The minimum atomic E-state index is -0.479. The number of fused-ring (bicyclic) bond motifs is 1. The number of benzene rings is 5. The molecule has 0 atom stereocenters. The molecule has 8 rings (SSSR count). The third-order valence-electron chi connectivity index (χ3n) is 15.3. The van der Waals surface area contributed by atoms with Crippen LogP contribution in [0.15, 0.2) is 27.3 Å². The number of ketones is 1. The molecule has 69 heavy (non-hydrogen) atoms. The van der Waals surface area contributed by atoms with Crippen molar-refractivity contribution in [1.82, 2.24) is 5.32 Å². The largest absolute Gasteiger partial charge is 0.504 e. The molecule has 0 aromatic heterocycles. The van der Waals surface area contributed by atoms with Gasteiger partial charge >= 0.3 is 0 Å². The normalized spacial score (nSPS) is 19.5. The number of anilines is 1. The van der Waals surface area contributed by atoms with Crippen LogP contribution in [0.4, 0.5) is 5.69 Å². The van der Waals surface area contributed by atoms with Gasteiger partial charge in [-0.2, -0.15) is 0 Å². The van der Waals surface area contributed by atoms with Crippen molar-refractivity contribution in [2.24, 2.45) is 23.7 Å². The van der Waals surface area contributed by atoms with Gasteiger partial charge in [-0.15, -0.1) is 0 Å². The highest BCUT2D eigenvalue weighted by Gasteiger charge is 2.34. The number of allylic oxidation sites excluding steroid dienone is 1. The molecule has 6 N–H and O–H groups in total. The lowest BCUT2D eigenvalue weighted by molar-refractivity contribution is -0.126. The smallest absolute Gasteiger partial charge is 0.223 e. The standard InChI is InChI=1S/C55H70N2O12/c1-31-24-39-38(16-11-32-7-14-35(15-8-32)55(65)56-17-21-69-23-22-66-2)52(63)48-41(57-28-33-9-12-34(13-10-33)42(61)6-4-19-68-20-5-18-58)26-36(29-59)44-45-37(30-60)27-43(62)49-51(45)47(46(39)50(44)48)40(25-31)54(67-3)53(49)64/h24,26-27,32-35,57-60,64H,4-23,25,28-30H2,1-3H3,(H,56,65). The lowest BCUT2D eigenvalue weighted by atomic mass is 9.77. The number of Topliss-reactive ketones (excluding diaryl/α,β-unsaturated/α-hetero) is 1. The number of aliphatic hydroxyl groups is 3. The van der Waals surface area contributed by atoms with E-state index in [1.165, 1.54) is 13.2 Å². The van der Waals surface area contributed by atoms with Gasteiger partial charge in [0.15, 0.2) is 22.4 Å². The van der Waals surface area contributed by atoms with Gasteiger partial charge in [0.2, 0.25) is 5.91 Å². The summed E-state index contributed by atoms with van der Waals surface area (Å²) < 4.78 is 22.0. The number of hydrogen-bond acceptors (Lipinski definition) is 13. The molecule has 5 aromatic rings. The van der Waals surface area contributed by atoms with Crippen molar-refractivity contribution in [3.05, 3.63) is 66.0 Å². The highest BCUT2D eigenvalue weighted by Crippen LogP contribution is 2.53. The lowest BCUT2D eigenvalue weighted by Gasteiger charge is -2.29. The maximum absolute atomic E-state index is 15.7. The fraction of sp³-hybridized carbons (Fsp3) is 0.564. The SMILES string of the molecule is COCCOCCNC(=O)C1CCC(CCc2c3c4c5c(c(OC)c(O)c6c(=O)cc(CO)c(c7c(CO)cc(NCC8CCC(C(=O)CCCOCCCO)CC8)c(c2=O)c74)c65)CC(C)=C3)CC1. The first-order valence-corrected chi connectivity index (χ1v) is 25.2. The number of carbonyl (C=O) groups excluding carboxylic acids is 2. The summed E-state index contributed by atoms with van der Waals surface area (Å²) in [6, 6.07) is 3.18. The van der Waals surface area contributed by atoms with Crippen LogP contribution in [0.5, 0.6) is 11.5 Å². The molecule has 0 unspecified atom stereocenters. The number of aliphatic hydroxyl groups excluding tert-OH is 3. The molecule has 2 saturated carbocycles. The first-order chi connectivity index (χ1) is 33.5. The summed E-state index contributed by atoms with van der Waals surface area (Å²) in [6.45, 7) is 4.62. The van der Waals surface area contributed by atoms with Crippen LogP contribution in [-0.2, 0) is 49.9 Å². The van der Waals surface area contributed by atoms with E-state index in [0.29, 0.717) is 144 Å². The van der Waals surface area contributed by atoms with Gasteiger partial charge in [-0.05, 0) is 153 Å². The monoisotopic (exact) mass is 950 g/mol. The zero-order valence-corrected chi connectivity index (χ0v) is 40.6. The van der Waals surface area contributed by atoms with Gasteiger partial charge in [0.05, 0.1) is 50.9 Å². The minimum absolute atomic E-state index is 0.00727. The third kappa shape index (κ3) is 10.3. The topological polar surface area (TPSA) is 210 Å². The summed E-state index contributed by atoms with van der Waals surface area (Å²) in [6.07, 6.45) is 11.9.